The predicted molar refractivity (Wildman–Crippen MR) is 164 cm³/mol. The maximum absolute atomic E-state index is 4.50. The van der Waals surface area contributed by atoms with Gasteiger partial charge in [-0.05, 0) is 132 Å². The second-order valence-corrected chi connectivity index (χ2v) is 14.4. The summed E-state index contributed by atoms with van der Waals surface area (Å²) in [5, 5.41) is 0. The van der Waals surface area contributed by atoms with Crippen LogP contribution in [0.3, 0.4) is 0 Å². The summed E-state index contributed by atoms with van der Waals surface area (Å²) in [5.74, 6) is 3.20. The third-order valence-electron chi connectivity index (χ3n) is 11.1. The average Bonchev–Trinajstić information content (AvgIpc) is 2.88. The molecule has 38 heavy (non-hydrogen) atoms. The van der Waals surface area contributed by atoms with Crippen molar-refractivity contribution in [3.63, 3.8) is 0 Å². The van der Waals surface area contributed by atoms with Crippen LogP contribution >= 0.6 is 0 Å². The summed E-state index contributed by atoms with van der Waals surface area (Å²) in [5.41, 5.74) is 12.5. The zero-order valence-electron chi connectivity index (χ0n) is 24.4. The molecule has 0 heteroatoms. The van der Waals surface area contributed by atoms with Gasteiger partial charge in [0.15, 0.2) is 0 Å². The number of hydrogen-bond acceptors (Lipinski definition) is 0. The molecule has 0 amide bonds. The molecule has 4 bridgehead atoms. The normalized spacial score (nSPS) is 28.5. The van der Waals surface area contributed by atoms with Crippen LogP contribution in [0.4, 0.5) is 0 Å². The van der Waals surface area contributed by atoms with E-state index < -0.39 is 0 Å². The fourth-order valence-electron chi connectivity index (χ4n) is 9.16. The first kappa shape index (κ1) is 25.9. The van der Waals surface area contributed by atoms with Crippen molar-refractivity contribution in [2.75, 3.05) is 0 Å². The van der Waals surface area contributed by atoms with Gasteiger partial charge < -0.3 is 0 Å². The molecule has 200 valence electrons. The number of rotatable bonds is 8. The van der Waals surface area contributed by atoms with Crippen molar-refractivity contribution in [1.82, 2.24) is 0 Å². The molecule has 5 aliphatic rings. The van der Waals surface area contributed by atoms with Crippen molar-refractivity contribution in [2.45, 2.75) is 103 Å². The lowest BCUT2D eigenvalue weighted by Gasteiger charge is -2.57. The van der Waals surface area contributed by atoms with Crippen LogP contribution in [0.1, 0.15) is 118 Å². The van der Waals surface area contributed by atoms with Gasteiger partial charge >= 0.3 is 0 Å². The van der Waals surface area contributed by atoms with E-state index in [4.69, 9.17) is 0 Å². The molecular weight excluding hydrogens is 456 g/mol. The van der Waals surface area contributed by atoms with E-state index in [-0.39, 0.29) is 11.3 Å². The second-order valence-electron chi connectivity index (χ2n) is 14.4. The Morgan fingerprint density at radius 3 is 2.32 bits per heavy atom. The highest BCUT2D eigenvalue weighted by molar-refractivity contribution is 5.85. The molecule has 0 heterocycles. The molecule has 0 aliphatic heterocycles. The molecule has 7 rings (SSSR count). The molecule has 1 unspecified atom stereocenters. The minimum absolute atomic E-state index is 0.233. The number of allylic oxidation sites excluding steroid dienone is 3. The zero-order chi connectivity index (χ0) is 26.7. The van der Waals surface area contributed by atoms with Crippen LogP contribution in [0.25, 0.3) is 11.6 Å². The first-order chi connectivity index (χ1) is 18.2. The summed E-state index contributed by atoms with van der Waals surface area (Å²) in [6.45, 7) is 18.0. The Hall–Kier alpha value is -2.34. The lowest BCUT2D eigenvalue weighted by atomic mass is 9.47. The Bertz CT molecular complexity index is 1250. The van der Waals surface area contributed by atoms with E-state index in [1.807, 2.05) is 0 Å². The molecule has 1 atom stereocenters. The van der Waals surface area contributed by atoms with Gasteiger partial charge in [0.2, 0.25) is 0 Å². The molecule has 0 radical (unpaired) electrons. The monoisotopic (exact) mass is 504 g/mol. The molecule has 0 aromatic heterocycles. The number of aryl methyl sites for hydroxylation is 2. The molecule has 4 saturated carbocycles. The molecule has 5 aliphatic carbocycles. The number of fused-ring (bicyclic) bond motifs is 1. The molecule has 2 aromatic rings. The predicted octanol–water partition coefficient (Wildman–Crippen LogP) is 10.6. The Kier molecular flexibility index (Phi) is 6.61. The summed E-state index contributed by atoms with van der Waals surface area (Å²) in [4.78, 5) is 0. The minimum Gasteiger partial charge on any atom is -0.102 e. The summed E-state index contributed by atoms with van der Waals surface area (Å²) in [6, 6.07) is 14.6. The third kappa shape index (κ3) is 4.67. The largest absolute Gasteiger partial charge is 0.102 e. The van der Waals surface area contributed by atoms with Crippen molar-refractivity contribution in [1.29, 1.82) is 0 Å². The van der Waals surface area contributed by atoms with Gasteiger partial charge in [-0.3, -0.25) is 0 Å². The highest BCUT2D eigenvalue weighted by Gasteiger charge is 2.52. The van der Waals surface area contributed by atoms with Gasteiger partial charge in [-0.25, -0.2) is 0 Å². The molecule has 0 nitrogen and oxygen atoms in total. The van der Waals surface area contributed by atoms with Crippen LogP contribution < -0.4 is 0 Å². The fraction of sp³-hybridized carbons (Fsp3) is 0.526. The van der Waals surface area contributed by atoms with Crippen LogP contribution in [0.5, 0.6) is 0 Å². The average molecular weight is 505 g/mol. The minimum atomic E-state index is 0.233. The van der Waals surface area contributed by atoms with E-state index in [1.54, 1.807) is 5.56 Å². The fourth-order valence-corrected chi connectivity index (χ4v) is 9.16. The first-order valence-corrected chi connectivity index (χ1v) is 15.4. The molecule has 0 saturated heterocycles. The quantitative estimate of drug-likeness (QED) is 0.314. The van der Waals surface area contributed by atoms with Gasteiger partial charge in [0.05, 0.1) is 0 Å². The van der Waals surface area contributed by atoms with Crippen LogP contribution in [-0.2, 0) is 11.8 Å². The third-order valence-corrected chi connectivity index (χ3v) is 11.1. The first-order valence-electron chi connectivity index (χ1n) is 15.4. The maximum atomic E-state index is 4.50. The van der Waals surface area contributed by atoms with Crippen molar-refractivity contribution < 1.29 is 0 Å². The Morgan fingerprint density at radius 2 is 1.68 bits per heavy atom. The standard InChI is InChI=1S/C38H48/c1-7-35(26(4)21-37(5,6)8-2)34-14-13-30-18-31(11-12-32(30)19-34)33-10-9-25(3)36(20-33)38-22-27-15-28(23-38)17-29(16-27)24-38/h7,9-10,13-14,18-20,27-29,35H,1,4,8,11-12,15-17,21-24H2,2-3,5-6H3. The Balaban J connectivity index is 1.27. The Morgan fingerprint density at radius 1 is 1.00 bits per heavy atom. The van der Waals surface area contributed by atoms with E-state index >= 15 is 0 Å². The van der Waals surface area contributed by atoms with Gasteiger partial charge in [0.25, 0.3) is 0 Å². The van der Waals surface area contributed by atoms with Crippen molar-refractivity contribution >= 4 is 11.6 Å². The van der Waals surface area contributed by atoms with Crippen LogP contribution in [-0.4, -0.2) is 0 Å². The van der Waals surface area contributed by atoms with Crippen LogP contribution in [0.2, 0.25) is 0 Å². The van der Waals surface area contributed by atoms with Gasteiger partial charge in [0.1, 0.15) is 0 Å². The molecule has 4 fully saturated rings. The highest BCUT2D eigenvalue weighted by Crippen LogP contribution is 2.61. The lowest BCUT2D eigenvalue weighted by molar-refractivity contribution is -0.00547. The van der Waals surface area contributed by atoms with Gasteiger partial charge in [-0.15, -0.1) is 6.58 Å². The van der Waals surface area contributed by atoms with E-state index in [2.05, 4.69) is 89.4 Å². The van der Waals surface area contributed by atoms with Gasteiger partial charge in [0, 0.05) is 5.92 Å². The number of hydrogen-bond donors (Lipinski definition) is 0. The van der Waals surface area contributed by atoms with Crippen molar-refractivity contribution in [3.8, 4) is 0 Å². The van der Waals surface area contributed by atoms with E-state index in [9.17, 15) is 0 Å². The summed E-state index contributed by atoms with van der Waals surface area (Å²) in [7, 11) is 0. The van der Waals surface area contributed by atoms with Crippen molar-refractivity contribution in [2.24, 2.45) is 23.2 Å². The summed E-state index contributed by atoms with van der Waals surface area (Å²) in [6.07, 6.45) is 17.9. The summed E-state index contributed by atoms with van der Waals surface area (Å²) >= 11 is 0. The lowest BCUT2D eigenvalue weighted by Crippen LogP contribution is -2.48. The van der Waals surface area contributed by atoms with Crippen LogP contribution in [0, 0.1) is 30.1 Å². The molecular formula is C38H48. The van der Waals surface area contributed by atoms with Gasteiger partial charge in [-0.2, -0.15) is 0 Å². The van der Waals surface area contributed by atoms with E-state index in [0.717, 1.165) is 43.4 Å². The Labute approximate surface area is 232 Å². The van der Waals surface area contributed by atoms with Crippen molar-refractivity contribution in [3.05, 3.63) is 94.6 Å². The number of benzene rings is 2. The maximum Gasteiger partial charge on any atom is 0.0223 e. The van der Waals surface area contributed by atoms with E-state index in [0.29, 0.717) is 5.41 Å². The SMILES string of the molecule is C=CC(C(=C)CC(C)(C)CC)c1ccc2c(c1)CCC(c1ccc(C)c(C34CC5CC(CC(C5)C3)C4)c1)=C2. The highest BCUT2D eigenvalue weighted by atomic mass is 14.6. The zero-order valence-corrected chi connectivity index (χ0v) is 24.4. The van der Waals surface area contributed by atoms with E-state index in [1.165, 1.54) is 77.5 Å². The van der Waals surface area contributed by atoms with Crippen LogP contribution in [0.15, 0.2) is 61.2 Å². The summed E-state index contributed by atoms with van der Waals surface area (Å²) < 4.78 is 0. The van der Waals surface area contributed by atoms with Gasteiger partial charge in [-0.1, -0.05) is 87.9 Å². The topological polar surface area (TPSA) is 0 Å². The molecule has 2 aromatic carbocycles. The molecule has 0 N–H and O–H groups in total. The smallest absolute Gasteiger partial charge is 0.0223 e. The molecule has 0 spiro atoms. The second kappa shape index (κ2) is 9.69.